The second kappa shape index (κ2) is 6.89. The Hall–Kier alpha value is -0.880. The van der Waals surface area contributed by atoms with Gasteiger partial charge in [-0.1, -0.05) is 0 Å². The van der Waals surface area contributed by atoms with Crippen LogP contribution < -0.4 is 5.32 Å². The van der Waals surface area contributed by atoms with E-state index in [1.807, 2.05) is 37.4 Å². The Morgan fingerprint density at radius 3 is 2.50 bits per heavy atom. The van der Waals surface area contributed by atoms with E-state index in [1.165, 1.54) is 0 Å². The maximum Gasteiger partial charge on any atom is 0.236 e. The number of aromatic nitrogens is 2. The molecule has 0 aromatic carbocycles. The van der Waals surface area contributed by atoms with Gasteiger partial charge in [-0.25, -0.2) is 0 Å². The zero-order valence-electron chi connectivity index (χ0n) is 11.5. The number of carbonyl (C=O) groups is 1. The van der Waals surface area contributed by atoms with Gasteiger partial charge in [-0.3, -0.25) is 9.48 Å². The minimum absolute atomic E-state index is 0.134. The zero-order chi connectivity index (χ0) is 13.7. The topological polar surface area (TPSA) is 50.2 Å². The first kappa shape index (κ1) is 15.2. The van der Waals surface area contributed by atoms with Gasteiger partial charge in [0.25, 0.3) is 0 Å². The molecule has 0 saturated carbocycles. The number of hydrogen-bond donors (Lipinski definition) is 1. The number of amides is 1. The lowest BCUT2D eigenvalue weighted by atomic mass is 10.3. The molecule has 0 radical (unpaired) electrons. The van der Waals surface area contributed by atoms with E-state index in [1.54, 1.807) is 0 Å². The summed E-state index contributed by atoms with van der Waals surface area (Å²) in [5, 5.41) is 7.47. The number of hydrogen-bond acceptors (Lipinski definition) is 3. The normalized spacial score (nSPS) is 10.7. The van der Waals surface area contributed by atoms with Crippen molar-refractivity contribution in [1.29, 1.82) is 0 Å². The van der Waals surface area contributed by atoms with Crippen LogP contribution in [0.15, 0.2) is 4.47 Å². The van der Waals surface area contributed by atoms with E-state index in [-0.39, 0.29) is 5.91 Å². The highest BCUT2D eigenvalue weighted by molar-refractivity contribution is 9.10. The van der Waals surface area contributed by atoms with Crippen molar-refractivity contribution in [1.82, 2.24) is 20.0 Å². The third-order valence-corrected chi connectivity index (χ3v) is 3.98. The highest BCUT2D eigenvalue weighted by Gasteiger charge is 2.12. The highest BCUT2D eigenvalue weighted by Crippen LogP contribution is 2.19. The van der Waals surface area contributed by atoms with Gasteiger partial charge in [-0.15, -0.1) is 0 Å². The van der Waals surface area contributed by atoms with Crippen molar-refractivity contribution in [2.24, 2.45) is 7.05 Å². The van der Waals surface area contributed by atoms with Crippen molar-refractivity contribution in [3.63, 3.8) is 0 Å². The molecule has 0 aliphatic carbocycles. The smallest absolute Gasteiger partial charge is 0.236 e. The van der Waals surface area contributed by atoms with Crippen LogP contribution in [-0.2, 0) is 18.4 Å². The number of rotatable bonds is 6. The molecule has 0 bridgehead atoms. The van der Waals surface area contributed by atoms with Crippen LogP contribution in [0.5, 0.6) is 0 Å². The number of halogens is 1. The average Bonchev–Trinajstić information content (AvgIpc) is 2.57. The summed E-state index contributed by atoms with van der Waals surface area (Å²) in [4.78, 5) is 13.6. The van der Waals surface area contributed by atoms with Crippen LogP contribution in [-0.4, -0.2) is 40.2 Å². The van der Waals surface area contributed by atoms with Crippen molar-refractivity contribution in [2.45, 2.75) is 27.3 Å². The predicted octanol–water partition coefficient (Wildman–Crippen LogP) is 1.45. The summed E-state index contributed by atoms with van der Waals surface area (Å²) in [6, 6.07) is 0. The van der Waals surface area contributed by atoms with Crippen LogP contribution in [0, 0.1) is 6.92 Å². The number of aryl methyl sites for hydroxylation is 2. The van der Waals surface area contributed by atoms with Gasteiger partial charge in [0.1, 0.15) is 0 Å². The Bertz CT molecular complexity index is 412. The van der Waals surface area contributed by atoms with Crippen LogP contribution in [0.1, 0.15) is 25.2 Å². The zero-order valence-corrected chi connectivity index (χ0v) is 13.0. The lowest BCUT2D eigenvalue weighted by molar-refractivity contribution is -0.129. The Kier molecular flexibility index (Phi) is 5.81. The first-order valence-electron chi connectivity index (χ1n) is 6.17. The fourth-order valence-corrected chi connectivity index (χ4v) is 2.32. The number of likely N-dealkylation sites (N-methyl/N-ethyl adjacent to an activating group) is 1. The van der Waals surface area contributed by atoms with Gasteiger partial charge in [-0.05, 0) is 36.7 Å². The SMILES string of the molecule is CCN(CC)C(=O)CNCc1c(Br)c(C)nn1C. The molecule has 1 N–H and O–H groups in total. The fourth-order valence-electron chi connectivity index (χ4n) is 1.85. The first-order valence-corrected chi connectivity index (χ1v) is 6.97. The van der Waals surface area contributed by atoms with Gasteiger partial charge in [0.2, 0.25) is 5.91 Å². The average molecular weight is 317 g/mol. The van der Waals surface area contributed by atoms with Crippen molar-refractivity contribution in [2.75, 3.05) is 19.6 Å². The summed E-state index contributed by atoms with van der Waals surface area (Å²) >= 11 is 3.51. The molecule has 0 atom stereocenters. The largest absolute Gasteiger partial charge is 0.342 e. The minimum Gasteiger partial charge on any atom is -0.342 e. The standard InChI is InChI=1S/C12H21BrN4O/c1-5-17(6-2)11(18)8-14-7-10-12(13)9(3)15-16(10)4/h14H,5-8H2,1-4H3. The summed E-state index contributed by atoms with van der Waals surface area (Å²) in [5.74, 6) is 0.134. The predicted molar refractivity (Wildman–Crippen MR) is 75.3 cm³/mol. The molecule has 0 fully saturated rings. The van der Waals surface area contributed by atoms with Gasteiger partial charge in [0.05, 0.1) is 22.4 Å². The lowest BCUT2D eigenvalue weighted by Crippen LogP contribution is -2.37. The molecule has 1 aromatic heterocycles. The second-order valence-electron chi connectivity index (χ2n) is 4.14. The monoisotopic (exact) mass is 316 g/mol. The number of nitrogens with one attached hydrogen (secondary N) is 1. The van der Waals surface area contributed by atoms with E-state index in [0.717, 1.165) is 29.0 Å². The lowest BCUT2D eigenvalue weighted by Gasteiger charge is -2.18. The molecule has 5 nitrogen and oxygen atoms in total. The van der Waals surface area contributed by atoms with E-state index in [2.05, 4.69) is 26.3 Å². The number of nitrogens with zero attached hydrogens (tertiary/aromatic N) is 3. The summed E-state index contributed by atoms with van der Waals surface area (Å²) < 4.78 is 2.83. The summed E-state index contributed by atoms with van der Waals surface area (Å²) in [6.45, 7) is 8.43. The van der Waals surface area contributed by atoms with Crippen LogP contribution >= 0.6 is 15.9 Å². The molecule has 18 heavy (non-hydrogen) atoms. The molecule has 0 aliphatic rings. The molecule has 6 heteroatoms. The van der Waals surface area contributed by atoms with E-state index in [4.69, 9.17) is 0 Å². The van der Waals surface area contributed by atoms with Gasteiger partial charge < -0.3 is 10.2 Å². The molecular formula is C12H21BrN4O. The quantitative estimate of drug-likeness (QED) is 0.864. The number of carbonyl (C=O) groups excluding carboxylic acids is 1. The molecule has 102 valence electrons. The first-order chi connectivity index (χ1) is 8.51. The van der Waals surface area contributed by atoms with Crippen LogP contribution in [0.25, 0.3) is 0 Å². The minimum atomic E-state index is 0.134. The van der Waals surface area contributed by atoms with E-state index in [9.17, 15) is 4.79 Å². The Balaban J connectivity index is 2.49. The summed E-state index contributed by atoms with van der Waals surface area (Å²) in [6.07, 6.45) is 0. The second-order valence-corrected chi connectivity index (χ2v) is 4.93. The van der Waals surface area contributed by atoms with Crippen molar-refractivity contribution >= 4 is 21.8 Å². The van der Waals surface area contributed by atoms with Crippen LogP contribution in [0.2, 0.25) is 0 Å². The third-order valence-electron chi connectivity index (χ3n) is 2.95. The molecule has 0 saturated heterocycles. The maximum absolute atomic E-state index is 11.8. The molecule has 1 amide bonds. The molecule has 1 rings (SSSR count). The molecule has 0 spiro atoms. The molecular weight excluding hydrogens is 296 g/mol. The Labute approximate surface area is 117 Å². The maximum atomic E-state index is 11.8. The van der Waals surface area contributed by atoms with Crippen molar-refractivity contribution in [3.8, 4) is 0 Å². The Morgan fingerprint density at radius 1 is 1.44 bits per heavy atom. The van der Waals surface area contributed by atoms with Crippen molar-refractivity contribution < 1.29 is 4.79 Å². The Morgan fingerprint density at radius 2 is 2.06 bits per heavy atom. The van der Waals surface area contributed by atoms with E-state index in [0.29, 0.717) is 13.1 Å². The molecule has 1 heterocycles. The molecule has 0 unspecified atom stereocenters. The third kappa shape index (κ3) is 3.55. The summed E-state index contributed by atoms with van der Waals surface area (Å²) in [7, 11) is 1.90. The molecule has 1 aromatic rings. The van der Waals surface area contributed by atoms with Crippen LogP contribution in [0.4, 0.5) is 0 Å². The van der Waals surface area contributed by atoms with Crippen LogP contribution in [0.3, 0.4) is 0 Å². The van der Waals surface area contributed by atoms with Gasteiger partial charge in [0.15, 0.2) is 0 Å². The fraction of sp³-hybridized carbons (Fsp3) is 0.667. The van der Waals surface area contributed by atoms with E-state index < -0.39 is 0 Å². The van der Waals surface area contributed by atoms with Gasteiger partial charge in [-0.2, -0.15) is 5.10 Å². The van der Waals surface area contributed by atoms with Gasteiger partial charge >= 0.3 is 0 Å². The van der Waals surface area contributed by atoms with Gasteiger partial charge in [0, 0.05) is 26.7 Å². The molecule has 0 aliphatic heterocycles. The highest BCUT2D eigenvalue weighted by atomic mass is 79.9. The summed E-state index contributed by atoms with van der Waals surface area (Å²) in [5.41, 5.74) is 2.02. The van der Waals surface area contributed by atoms with E-state index >= 15 is 0 Å². The van der Waals surface area contributed by atoms with Crippen molar-refractivity contribution in [3.05, 3.63) is 15.9 Å².